The number of carbonyl (C=O) groups excluding carboxylic acids is 2. The summed E-state index contributed by atoms with van der Waals surface area (Å²) in [5.74, 6) is -0.0195. The highest BCUT2D eigenvalue weighted by Crippen LogP contribution is 2.36. The van der Waals surface area contributed by atoms with Gasteiger partial charge in [0.2, 0.25) is 11.8 Å². The van der Waals surface area contributed by atoms with Crippen molar-refractivity contribution in [2.24, 2.45) is 0 Å². The number of nitrogens with one attached hydrogen (secondary N) is 1. The molecule has 4 rings (SSSR count). The number of rotatable bonds is 4. The van der Waals surface area contributed by atoms with E-state index in [1.54, 1.807) is 12.4 Å². The Bertz CT molecular complexity index is 822. The summed E-state index contributed by atoms with van der Waals surface area (Å²) in [6.07, 6.45) is 3.86. The van der Waals surface area contributed by atoms with Gasteiger partial charge in [0.05, 0.1) is 10.9 Å². The van der Waals surface area contributed by atoms with Gasteiger partial charge in [-0.3, -0.25) is 19.5 Å². The van der Waals surface area contributed by atoms with Crippen molar-refractivity contribution in [3.63, 3.8) is 0 Å². The summed E-state index contributed by atoms with van der Waals surface area (Å²) < 4.78 is 0. The molecule has 1 fully saturated rings. The summed E-state index contributed by atoms with van der Waals surface area (Å²) in [7, 11) is 0. The minimum absolute atomic E-state index is 0.0607. The third-order valence-corrected chi connectivity index (χ3v) is 6.22. The molecule has 0 bridgehead atoms. The van der Waals surface area contributed by atoms with Crippen LogP contribution in [0.1, 0.15) is 12.0 Å². The van der Waals surface area contributed by atoms with E-state index < -0.39 is 0 Å². The highest BCUT2D eigenvalue weighted by atomic mass is 32.2. The molecule has 2 aliphatic rings. The summed E-state index contributed by atoms with van der Waals surface area (Å²) in [5, 5.41) is 2.55. The quantitative estimate of drug-likeness (QED) is 0.878. The molecular weight excluding hydrogens is 360 g/mol. The van der Waals surface area contributed by atoms with Gasteiger partial charge in [0, 0.05) is 56.4 Å². The molecule has 1 aromatic heterocycles. The number of benzene rings is 1. The largest absolute Gasteiger partial charge is 0.340 e. The van der Waals surface area contributed by atoms with Crippen molar-refractivity contribution in [1.82, 2.24) is 14.8 Å². The van der Waals surface area contributed by atoms with Crippen LogP contribution in [0, 0.1) is 0 Å². The first-order valence-electron chi connectivity index (χ1n) is 9.14. The fourth-order valence-corrected chi connectivity index (χ4v) is 4.52. The van der Waals surface area contributed by atoms with E-state index in [0.29, 0.717) is 13.1 Å². The third-order valence-electron chi connectivity index (χ3n) is 4.95. The van der Waals surface area contributed by atoms with Crippen LogP contribution in [0.25, 0.3) is 0 Å². The summed E-state index contributed by atoms with van der Waals surface area (Å²) in [6.45, 7) is 3.99. The van der Waals surface area contributed by atoms with Gasteiger partial charge in [-0.1, -0.05) is 12.1 Å². The molecule has 0 unspecified atom stereocenters. The lowest BCUT2D eigenvalue weighted by atomic mass is 10.2. The van der Waals surface area contributed by atoms with E-state index in [4.69, 9.17) is 0 Å². The standard InChI is InChI=1S/C20H22N4O2S/c25-19(13-18-20(26)22-16-3-1-2-4-17(16)27-18)24-11-9-23(10-12-24)14-15-5-7-21-8-6-15/h1-8,18H,9-14H2,(H,22,26)/t18-/m0/s1. The summed E-state index contributed by atoms with van der Waals surface area (Å²) >= 11 is 1.48. The van der Waals surface area contributed by atoms with Gasteiger partial charge in [0.25, 0.3) is 0 Å². The lowest BCUT2D eigenvalue weighted by Crippen LogP contribution is -2.49. The summed E-state index contributed by atoms with van der Waals surface area (Å²) in [4.78, 5) is 34.3. The second-order valence-electron chi connectivity index (χ2n) is 6.81. The molecule has 140 valence electrons. The van der Waals surface area contributed by atoms with Gasteiger partial charge in [-0.15, -0.1) is 11.8 Å². The average molecular weight is 382 g/mol. The molecule has 0 spiro atoms. The highest BCUT2D eigenvalue weighted by molar-refractivity contribution is 8.01. The summed E-state index contributed by atoms with van der Waals surface area (Å²) in [5.41, 5.74) is 2.07. The van der Waals surface area contributed by atoms with Crippen LogP contribution in [0.15, 0.2) is 53.7 Å². The normalized spacial score (nSPS) is 20.1. The van der Waals surface area contributed by atoms with E-state index in [2.05, 4.69) is 15.2 Å². The number of nitrogens with zero attached hydrogens (tertiary/aromatic N) is 3. The van der Waals surface area contributed by atoms with Crippen molar-refractivity contribution < 1.29 is 9.59 Å². The fraction of sp³-hybridized carbons (Fsp3) is 0.350. The van der Waals surface area contributed by atoms with Crippen molar-refractivity contribution in [2.45, 2.75) is 23.1 Å². The minimum atomic E-state index is -0.359. The molecule has 0 saturated carbocycles. The Morgan fingerprint density at radius 3 is 2.63 bits per heavy atom. The van der Waals surface area contributed by atoms with Gasteiger partial charge in [0.15, 0.2) is 0 Å². The molecule has 0 aliphatic carbocycles. The molecule has 2 amide bonds. The zero-order valence-electron chi connectivity index (χ0n) is 15.0. The van der Waals surface area contributed by atoms with Gasteiger partial charge in [-0.25, -0.2) is 0 Å². The van der Waals surface area contributed by atoms with Crippen molar-refractivity contribution in [3.8, 4) is 0 Å². The van der Waals surface area contributed by atoms with Gasteiger partial charge < -0.3 is 10.2 Å². The number of thioether (sulfide) groups is 1. The fourth-order valence-electron chi connectivity index (χ4n) is 3.42. The monoisotopic (exact) mass is 382 g/mol. The Morgan fingerprint density at radius 1 is 1.11 bits per heavy atom. The Labute approximate surface area is 162 Å². The van der Waals surface area contributed by atoms with E-state index in [1.807, 2.05) is 41.3 Å². The second kappa shape index (κ2) is 8.10. The van der Waals surface area contributed by atoms with E-state index in [-0.39, 0.29) is 23.5 Å². The van der Waals surface area contributed by atoms with Crippen molar-refractivity contribution in [3.05, 3.63) is 54.4 Å². The number of piperazine rings is 1. The van der Waals surface area contributed by atoms with E-state index in [9.17, 15) is 9.59 Å². The molecule has 1 N–H and O–H groups in total. The van der Waals surface area contributed by atoms with Crippen molar-refractivity contribution in [1.29, 1.82) is 0 Å². The van der Waals surface area contributed by atoms with Crippen LogP contribution < -0.4 is 5.32 Å². The SMILES string of the molecule is O=C1Nc2ccccc2S[C@H]1CC(=O)N1CCN(Cc2ccncc2)CC1. The first kappa shape index (κ1) is 18.0. The maximum absolute atomic E-state index is 12.7. The number of hydrogen-bond donors (Lipinski definition) is 1. The number of para-hydroxylation sites is 1. The van der Waals surface area contributed by atoms with E-state index in [1.165, 1.54) is 17.3 Å². The van der Waals surface area contributed by atoms with Crippen LogP contribution in [-0.2, 0) is 16.1 Å². The van der Waals surface area contributed by atoms with Crippen LogP contribution in [0.3, 0.4) is 0 Å². The molecule has 6 nitrogen and oxygen atoms in total. The van der Waals surface area contributed by atoms with E-state index in [0.717, 1.165) is 30.2 Å². The maximum atomic E-state index is 12.7. The Hall–Kier alpha value is -2.38. The molecule has 7 heteroatoms. The van der Waals surface area contributed by atoms with Crippen molar-refractivity contribution >= 4 is 29.3 Å². The molecule has 2 aliphatic heterocycles. The molecule has 3 heterocycles. The van der Waals surface area contributed by atoms with Crippen LogP contribution >= 0.6 is 11.8 Å². The Morgan fingerprint density at radius 2 is 1.85 bits per heavy atom. The third kappa shape index (κ3) is 4.31. The lowest BCUT2D eigenvalue weighted by Gasteiger charge is -2.35. The lowest BCUT2D eigenvalue weighted by molar-refractivity contribution is -0.134. The number of anilines is 1. The second-order valence-corrected chi connectivity index (χ2v) is 8.05. The van der Waals surface area contributed by atoms with Gasteiger partial charge in [0.1, 0.15) is 0 Å². The van der Waals surface area contributed by atoms with Gasteiger partial charge in [-0.05, 0) is 29.8 Å². The molecule has 1 saturated heterocycles. The Balaban J connectivity index is 1.29. The molecule has 1 atom stereocenters. The van der Waals surface area contributed by atoms with Gasteiger partial charge in [-0.2, -0.15) is 0 Å². The smallest absolute Gasteiger partial charge is 0.238 e. The maximum Gasteiger partial charge on any atom is 0.238 e. The zero-order chi connectivity index (χ0) is 18.6. The molecule has 1 aromatic carbocycles. The predicted molar refractivity (Wildman–Crippen MR) is 105 cm³/mol. The predicted octanol–water partition coefficient (Wildman–Crippen LogP) is 2.23. The average Bonchev–Trinajstić information content (AvgIpc) is 2.70. The number of fused-ring (bicyclic) bond motifs is 1. The summed E-state index contributed by atoms with van der Waals surface area (Å²) in [6, 6.07) is 11.8. The number of hydrogen-bond acceptors (Lipinski definition) is 5. The minimum Gasteiger partial charge on any atom is -0.340 e. The van der Waals surface area contributed by atoms with Crippen molar-refractivity contribution in [2.75, 3.05) is 31.5 Å². The van der Waals surface area contributed by atoms with E-state index >= 15 is 0 Å². The first-order chi connectivity index (χ1) is 13.2. The number of aromatic nitrogens is 1. The number of pyridine rings is 1. The number of carbonyl (C=O) groups is 2. The number of amides is 2. The van der Waals surface area contributed by atoms with Crippen LogP contribution in [0.5, 0.6) is 0 Å². The topological polar surface area (TPSA) is 65.5 Å². The first-order valence-corrected chi connectivity index (χ1v) is 10.0. The highest BCUT2D eigenvalue weighted by Gasteiger charge is 2.31. The van der Waals surface area contributed by atoms with Crippen LogP contribution in [0.4, 0.5) is 5.69 Å². The molecule has 27 heavy (non-hydrogen) atoms. The zero-order valence-corrected chi connectivity index (χ0v) is 15.8. The van der Waals surface area contributed by atoms with Crippen LogP contribution in [-0.4, -0.2) is 58.0 Å². The van der Waals surface area contributed by atoms with Crippen LogP contribution in [0.2, 0.25) is 0 Å². The molecule has 2 aromatic rings. The molecule has 0 radical (unpaired) electrons. The Kier molecular flexibility index (Phi) is 5.40. The van der Waals surface area contributed by atoms with Gasteiger partial charge >= 0.3 is 0 Å². The molecular formula is C20H22N4O2S.